The van der Waals surface area contributed by atoms with Crippen molar-refractivity contribution in [1.82, 2.24) is 14.6 Å². The van der Waals surface area contributed by atoms with Crippen molar-refractivity contribution in [2.45, 2.75) is 44.2 Å². The fourth-order valence-corrected chi connectivity index (χ4v) is 5.99. The second-order valence-corrected chi connectivity index (χ2v) is 11.5. The van der Waals surface area contributed by atoms with Gasteiger partial charge in [0.05, 0.1) is 18.0 Å². The van der Waals surface area contributed by atoms with E-state index in [4.69, 9.17) is 4.74 Å². The van der Waals surface area contributed by atoms with E-state index in [9.17, 15) is 18.0 Å². The molecule has 0 saturated carbocycles. The van der Waals surface area contributed by atoms with Crippen LogP contribution in [0, 0.1) is 0 Å². The van der Waals surface area contributed by atoms with Gasteiger partial charge in [-0.2, -0.15) is 4.72 Å². The molecular weight excluding hydrogens is 522 g/mol. The largest absolute Gasteiger partial charge is 0.493 e. The van der Waals surface area contributed by atoms with Crippen LogP contribution in [0.3, 0.4) is 0 Å². The second-order valence-electron chi connectivity index (χ2n) is 8.80. The number of carbonyl (C=O) groups is 1. The maximum Gasteiger partial charge on any atom is 0.248 e. The van der Waals surface area contributed by atoms with Crippen molar-refractivity contribution in [3.63, 3.8) is 0 Å². The molecule has 2 heterocycles. The molecule has 1 amide bonds. The Morgan fingerprint density at radius 1 is 1.08 bits per heavy atom. The van der Waals surface area contributed by atoms with E-state index in [2.05, 4.69) is 16.6 Å². The number of carbonyl (C=O) groups excluding carboxylic acids is 1. The van der Waals surface area contributed by atoms with Gasteiger partial charge in [0, 0.05) is 28.6 Å². The number of amides is 1. The van der Waals surface area contributed by atoms with Crippen molar-refractivity contribution in [2.24, 2.45) is 0 Å². The summed E-state index contributed by atoms with van der Waals surface area (Å²) < 4.78 is 35.9. The number of rotatable bonds is 12. The first-order valence-corrected chi connectivity index (χ1v) is 14.9. The topological polar surface area (TPSA) is 109 Å². The fourth-order valence-electron chi connectivity index (χ4n) is 4.07. The maximum atomic E-state index is 14.0. The van der Waals surface area contributed by atoms with Crippen LogP contribution in [-0.2, 0) is 21.4 Å². The number of nitrogens with zero attached hydrogens (tertiary/aromatic N) is 1. The predicted molar refractivity (Wildman–Crippen MR) is 150 cm³/mol. The molecule has 1 atom stereocenters. The van der Waals surface area contributed by atoms with Gasteiger partial charge in [0.15, 0.2) is 0 Å². The lowest BCUT2D eigenvalue weighted by atomic mass is 10.0. The standard InChI is InChI=1S/C28H31N3O5S2/c1-3-5-16-36-25-11-7-6-10-23(25)27(28(33)31(4-2)19-21-9-8-17-37-21)30-38(34,35)22-13-14-24-20(18-22)12-15-26(32)29-24/h6-15,17-18,27,30H,3-5,16,19H2,1-2H3,(H,29,32)/t27-/m0/s1. The SMILES string of the molecule is CCCCOc1ccccc1[C@H](NS(=O)(=O)c1ccc2[nH]c(=O)ccc2c1)C(=O)N(CC)Cc1cccs1. The summed E-state index contributed by atoms with van der Waals surface area (Å²) in [6.07, 6.45) is 1.77. The number of hydrogen-bond donors (Lipinski definition) is 2. The Bertz CT molecular complexity index is 1550. The van der Waals surface area contributed by atoms with Gasteiger partial charge in [-0.3, -0.25) is 9.59 Å². The monoisotopic (exact) mass is 553 g/mol. The lowest BCUT2D eigenvalue weighted by Gasteiger charge is -2.28. The lowest BCUT2D eigenvalue weighted by molar-refractivity contribution is -0.133. The molecule has 0 aliphatic rings. The summed E-state index contributed by atoms with van der Waals surface area (Å²) >= 11 is 1.54. The minimum absolute atomic E-state index is 0.0134. The van der Waals surface area contributed by atoms with E-state index in [1.165, 1.54) is 29.5 Å². The number of hydrogen-bond acceptors (Lipinski definition) is 6. The van der Waals surface area contributed by atoms with Crippen LogP contribution in [0.2, 0.25) is 0 Å². The molecular formula is C28H31N3O5S2. The first kappa shape index (κ1) is 27.6. The number of ether oxygens (including phenoxy) is 1. The molecule has 38 heavy (non-hydrogen) atoms. The number of thiophene rings is 1. The summed E-state index contributed by atoms with van der Waals surface area (Å²) in [5.41, 5.74) is 0.695. The summed E-state index contributed by atoms with van der Waals surface area (Å²) in [6, 6.07) is 17.0. The van der Waals surface area contributed by atoms with E-state index >= 15 is 0 Å². The van der Waals surface area contributed by atoms with Crippen molar-refractivity contribution < 1.29 is 17.9 Å². The minimum atomic E-state index is -4.14. The molecule has 8 nitrogen and oxygen atoms in total. The van der Waals surface area contributed by atoms with Crippen LogP contribution in [0.1, 0.15) is 43.2 Å². The number of aromatic amines is 1. The number of fused-ring (bicyclic) bond motifs is 1. The molecule has 4 rings (SSSR count). The molecule has 0 aliphatic heterocycles. The number of sulfonamides is 1. The van der Waals surface area contributed by atoms with Crippen molar-refractivity contribution in [3.8, 4) is 5.75 Å². The van der Waals surface area contributed by atoms with E-state index in [1.807, 2.05) is 24.4 Å². The van der Waals surface area contributed by atoms with Crippen LogP contribution in [-0.4, -0.2) is 37.4 Å². The summed E-state index contributed by atoms with van der Waals surface area (Å²) in [5.74, 6) is 0.0893. The zero-order valence-electron chi connectivity index (χ0n) is 21.3. The number of likely N-dealkylation sites (N-methyl/N-ethyl adjacent to an activating group) is 1. The molecule has 2 N–H and O–H groups in total. The number of benzene rings is 2. The van der Waals surface area contributed by atoms with E-state index in [0.717, 1.165) is 17.7 Å². The number of pyridine rings is 1. The van der Waals surface area contributed by atoms with Crippen LogP contribution in [0.4, 0.5) is 0 Å². The van der Waals surface area contributed by atoms with E-state index in [1.54, 1.807) is 41.3 Å². The second kappa shape index (κ2) is 12.4. The Morgan fingerprint density at radius 2 is 1.89 bits per heavy atom. The van der Waals surface area contributed by atoms with Crippen LogP contribution in [0.25, 0.3) is 10.9 Å². The van der Waals surface area contributed by atoms with Crippen molar-refractivity contribution in [2.75, 3.05) is 13.2 Å². The smallest absolute Gasteiger partial charge is 0.248 e. The lowest BCUT2D eigenvalue weighted by Crippen LogP contribution is -2.42. The zero-order valence-corrected chi connectivity index (χ0v) is 23.0. The average Bonchev–Trinajstić information content (AvgIpc) is 3.43. The van der Waals surface area contributed by atoms with Crippen molar-refractivity contribution in [3.05, 3.63) is 92.9 Å². The minimum Gasteiger partial charge on any atom is -0.493 e. The van der Waals surface area contributed by atoms with Gasteiger partial charge in [0.25, 0.3) is 0 Å². The van der Waals surface area contributed by atoms with E-state index < -0.39 is 16.1 Å². The molecule has 0 bridgehead atoms. The highest BCUT2D eigenvalue weighted by Gasteiger charge is 2.32. The Hall–Kier alpha value is -3.47. The molecule has 200 valence electrons. The third kappa shape index (κ3) is 6.50. The van der Waals surface area contributed by atoms with Gasteiger partial charge in [0.1, 0.15) is 11.8 Å². The number of aromatic nitrogens is 1. The zero-order chi connectivity index (χ0) is 27.1. The average molecular weight is 554 g/mol. The normalized spacial score (nSPS) is 12.4. The van der Waals surface area contributed by atoms with Crippen LogP contribution in [0.15, 0.2) is 81.8 Å². The number of para-hydroxylation sites is 1. The van der Waals surface area contributed by atoms with E-state index in [0.29, 0.717) is 41.9 Å². The van der Waals surface area contributed by atoms with Crippen LogP contribution in [0.5, 0.6) is 5.75 Å². The van der Waals surface area contributed by atoms with Gasteiger partial charge in [-0.15, -0.1) is 11.3 Å². The van der Waals surface area contributed by atoms with Gasteiger partial charge in [-0.05, 0) is 60.5 Å². The third-order valence-electron chi connectivity index (χ3n) is 6.13. The van der Waals surface area contributed by atoms with Crippen LogP contribution < -0.4 is 15.0 Å². The number of H-pyrrole nitrogens is 1. The molecule has 0 radical (unpaired) electrons. The highest BCUT2D eigenvalue weighted by atomic mass is 32.2. The van der Waals surface area contributed by atoms with Gasteiger partial charge in [-0.25, -0.2) is 8.42 Å². The van der Waals surface area contributed by atoms with E-state index in [-0.39, 0.29) is 16.4 Å². The summed E-state index contributed by atoms with van der Waals surface area (Å²) in [6.45, 7) is 5.14. The summed E-state index contributed by atoms with van der Waals surface area (Å²) in [7, 11) is -4.14. The Morgan fingerprint density at radius 3 is 2.63 bits per heavy atom. The molecule has 0 saturated heterocycles. The quantitative estimate of drug-likeness (QED) is 0.244. The Kier molecular flexibility index (Phi) is 8.98. The maximum absolute atomic E-state index is 14.0. The Labute approximate surface area is 226 Å². The molecule has 2 aromatic heterocycles. The predicted octanol–water partition coefficient (Wildman–Crippen LogP) is 4.84. The molecule has 0 aliphatic carbocycles. The summed E-state index contributed by atoms with van der Waals surface area (Å²) in [5, 5.41) is 2.50. The third-order valence-corrected chi connectivity index (χ3v) is 8.41. The van der Waals surface area contributed by atoms with Crippen molar-refractivity contribution >= 4 is 38.2 Å². The molecule has 0 spiro atoms. The number of nitrogens with one attached hydrogen (secondary N) is 2. The molecule has 2 aromatic carbocycles. The molecule has 0 fully saturated rings. The van der Waals surface area contributed by atoms with Gasteiger partial charge < -0.3 is 14.6 Å². The first-order chi connectivity index (χ1) is 18.3. The van der Waals surface area contributed by atoms with Crippen LogP contribution >= 0.6 is 11.3 Å². The summed E-state index contributed by atoms with van der Waals surface area (Å²) in [4.78, 5) is 30.9. The van der Waals surface area contributed by atoms with Crippen molar-refractivity contribution in [1.29, 1.82) is 0 Å². The van der Waals surface area contributed by atoms with Gasteiger partial charge >= 0.3 is 0 Å². The molecule has 10 heteroatoms. The molecule has 0 unspecified atom stereocenters. The Balaban J connectivity index is 1.73. The van der Waals surface area contributed by atoms with Gasteiger partial charge in [-0.1, -0.05) is 37.6 Å². The molecule has 4 aromatic rings. The first-order valence-electron chi connectivity index (χ1n) is 12.5. The number of unbranched alkanes of at least 4 members (excludes halogenated alkanes) is 1. The van der Waals surface area contributed by atoms with Gasteiger partial charge in [0.2, 0.25) is 21.5 Å². The highest BCUT2D eigenvalue weighted by molar-refractivity contribution is 7.89. The fraction of sp³-hybridized carbons (Fsp3) is 0.286. The highest BCUT2D eigenvalue weighted by Crippen LogP contribution is 2.30.